The van der Waals surface area contributed by atoms with Gasteiger partial charge in [0, 0.05) is 11.6 Å². The lowest BCUT2D eigenvalue weighted by Crippen LogP contribution is -2.03. The molecule has 76 valence electrons. The van der Waals surface area contributed by atoms with Gasteiger partial charge in [0.25, 0.3) is 0 Å². The Labute approximate surface area is 86.3 Å². The van der Waals surface area contributed by atoms with E-state index in [1.165, 1.54) is 4.80 Å². The highest BCUT2D eigenvalue weighted by Gasteiger charge is 2.06. The van der Waals surface area contributed by atoms with Gasteiger partial charge >= 0.3 is 0 Å². The van der Waals surface area contributed by atoms with Crippen LogP contribution in [0.2, 0.25) is 0 Å². The van der Waals surface area contributed by atoms with Gasteiger partial charge in [0.05, 0.1) is 25.2 Å². The molecule has 0 saturated carbocycles. The molecule has 0 fully saturated rings. The fraction of sp³-hybridized carbons (Fsp3) is 0.100. The van der Waals surface area contributed by atoms with Crippen molar-refractivity contribution in [3.8, 4) is 11.4 Å². The van der Waals surface area contributed by atoms with Crippen molar-refractivity contribution < 1.29 is 9.53 Å². The molecule has 1 heterocycles. The first-order chi connectivity index (χ1) is 7.35. The minimum atomic E-state index is 0.520. The number of carbonyl (C=O) groups is 1. The molecule has 1 aromatic heterocycles. The Kier molecular flexibility index (Phi) is 2.45. The zero-order chi connectivity index (χ0) is 10.7. The number of hydrogen-bond acceptors (Lipinski definition) is 4. The van der Waals surface area contributed by atoms with Crippen molar-refractivity contribution in [2.24, 2.45) is 0 Å². The number of benzene rings is 1. The fourth-order valence-electron chi connectivity index (χ4n) is 1.26. The van der Waals surface area contributed by atoms with Crippen LogP contribution in [0.3, 0.4) is 0 Å². The number of aromatic nitrogens is 3. The molecule has 15 heavy (non-hydrogen) atoms. The van der Waals surface area contributed by atoms with E-state index in [0.717, 1.165) is 6.29 Å². The van der Waals surface area contributed by atoms with Crippen molar-refractivity contribution >= 4 is 6.29 Å². The molecule has 0 N–H and O–H groups in total. The molecule has 0 spiro atoms. The van der Waals surface area contributed by atoms with Crippen LogP contribution in [-0.2, 0) is 0 Å². The Morgan fingerprint density at radius 2 is 2.07 bits per heavy atom. The smallest absolute Gasteiger partial charge is 0.152 e. The molecule has 0 bridgehead atoms. The second-order valence-corrected chi connectivity index (χ2v) is 2.86. The van der Waals surface area contributed by atoms with Crippen LogP contribution in [0, 0.1) is 0 Å². The normalized spacial score (nSPS) is 9.93. The summed E-state index contributed by atoms with van der Waals surface area (Å²) in [5.74, 6) is 0.660. The summed E-state index contributed by atoms with van der Waals surface area (Å²) in [5, 5.41) is 7.92. The van der Waals surface area contributed by atoms with Crippen molar-refractivity contribution in [2.75, 3.05) is 7.11 Å². The molecule has 0 aliphatic rings. The van der Waals surface area contributed by atoms with Gasteiger partial charge in [-0.2, -0.15) is 15.0 Å². The van der Waals surface area contributed by atoms with Gasteiger partial charge in [0.15, 0.2) is 6.29 Å². The monoisotopic (exact) mass is 203 g/mol. The Hall–Kier alpha value is -2.17. The molecule has 0 aliphatic heterocycles. The number of hydrogen-bond donors (Lipinski definition) is 0. The van der Waals surface area contributed by atoms with Crippen LogP contribution in [0.15, 0.2) is 30.6 Å². The number of rotatable bonds is 3. The van der Waals surface area contributed by atoms with Crippen molar-refractivity contribution in [2.45, 2.75) is 0 Å². The van der Waals surface area contributed by atoms with Crippen LogP contribution in [-0.4, -0.2) is 28.4 Å². The van der Waals surface area contributed by atoms with E-state index in [2.05, 4.69) is 10.2 Å². The van der Waals surface area contributed by atoms with Crippen molar-refractivity contribution in [3.05, 3.63) is 36.2 Å². The first-order valence-corrected chi connectivity index (χ1v) is 4.35. The molecule has 0 aliphatic carbocycles. The van der Waals surface area contributed by atoms with Crippen LogP contribution in [0.25, 0.3) is 5.69 Å². The Morgan fingerprint density at radius 3 is 2.67 bits per heavy atom. The largest absolute Gasteiger partial charge is 0.497 e. The van der Waals surface area contributed by atoms with E-state index in [-0.39, 0.29) is 0 Å². The van der Waals surface area contributed by atoms with E-state index in [4.69, 9.17) is 4.74 Å². The summed E-state index contributed by atoms with van der Waals surface area (Å²) in [4.78, 5) is 12.2. The Bertz CT molecular complexity index is 466. The molecule has 0 radical (unpaired) electrons. The molecule has 2 aromatic rings. The molecule has 0 unspecified atom stereocenters. The molecule has 0 saturated heterocycles. The van der Waals surface area contributed by atoms with E-state index >= 15 is 0 Å². The van der Waals surface area contributed by atoms with Crippen LogP contribution < -0.4 is 4.74 Å². The maximum Gasteiger partial charge on any atom is 0.152 e. The van der Waals surface area contributed by atoms with Crippen LogP contribution in [0.1, 0.15) is 10.4 Å². The lowest BCUT2D eigenvalue weighted by atomic mass is 10.2. The zero-order valence-electron chi connectivity index (χ0n) is 8.12. The van der Waals surface area contributed by atoms with Gasteiger partial charge in [-0.15, -0.1) is 0 Å². The number of nitrogens with zero attached hydrogens (tertiary/aromatic N) is 3. The molecule has 2 rings (SSSR count). The topological polar surface area (TPSA) is 57.0 Å². The third-order valence-corrected chi connectivity index (χ3v) is 2.00. The summed E-state index contributed by atoms with van der Waals surface area (Å²) in [6.07, 6.45) is 3.86. The SMILES string of the molecule is COc1ccc(C=O)c(-n2nccn2)c1. The molecule has 5 nitrogen and oxygen atoms in total. The summed E-state index contributed by atoms with van der Waals surface area (Å²) in [7, 11) is 1.57. The quantitative estimate of drug-likeness (QED) is 0.700. The van der Waals surface area contributed by atoms with E-state index in [0.29, 0.717) is 17.0 Å². The highest BCUT2D eigenvalue weighted by Crippen LogP contribution is 2.18. The summed E-state index contributed by atoms with van der Waals surface area (Å²) in [6, 6.07) is 5.10. The molecule has 0 atom stereocenters. The van der Waals surface area contributed by atoms with Gasteiger partial charge < -0.3 is 4.74 Å². The molecule has 1 aromatic carbocycles. The summed E-state index contributed by atoms with van der Waals surface area (Å²) >= 11 is 0. The predicted molar refractivity (Wildman–Crippen MR) is 53.3 cm³/mol. The third kappa shape index (κ3) is 1.71. The second-order valence-electron chi connectivity index (χ2n) is 2.86. The molecule has 5 heteroatoms. The third-order valence-electron chi connectivity index (χ3n) is 2.00. The first-order valence-electron chi connectivity index (χ1n) is 4.35. The predicted octanol–water partition coefficient (Wildman–Crippen LogP) is 1.09. The summed E-state index contributed by atoms with van der Waals surface area (Å²) < 4.78 is 5.07. The van der Waals surface area contributed by atoms with Gasteiger partial charge in [0.2, 0.25) is 0 Å². The standard InChI is InChI=1S/C10H9N3O2/c1-15-9-3-2-8(7-14)10(6-9)13-11-4-5-12-13/h2-7H,1H3. The average Bonchev–Trinajstić information content (AvgIpc) is 2.81. The number of ether oxygens (including phenoxy) is 1. The van der Waals surface area contributed by atoms with Crippen molar-refractivity contribution in [1.82, 2.24) is 15.0 Å². The van der Waals surface area contributed by atoms with Gasteiger partial charge in [0.1, 0.15) is 5.75 Å². The van der Waals surface area contributed by atoms with Crippen molar-refractivity contribution in [1.29, 1.82) is 0 Å². The summed E-state index contributed by atoms with van der Waals surface area (Å²) in [6.45, 7) is 0. The molecule has 0 amide bonds. The Balaban J connectivity index is 2.56. The zero-order valence-corrected chi connectivity index (χ0v) is 8.12. The van der Waals surface area contributed by atoms with Gasteiger partial charge in [-0.05, 0) is 12.1 Å². The maximum absolute atomic E-state index is 10.8. The molecular weight excluding hydrogens is 194 g/mol. The minimum absolute atomic E-state index is 0.520. The maximum atomic E-state index is 10.8. The number of aldehydes is 1. The van der Waals surface area contributed by atoms with E-state index in [9.17, 15) is 4.79 Å². The van der Waals surface area contributed by atoms with Gasteiger partial charge in [-0.25, -0.2) is 0 Å². The fourth-order valence-corrected chi connectivity index (χ4v) is 1.26. The lowest BCUT2D eigenvalue weighted by molar-refractivity contribution is 0.112. The Morgan fingerprint density at radius 1 is 1.33 bits per heavy atom. The number of methoxy groups -OCH3 is 1. The van der Waals surface area contributed by atoms with Crippen LogP contribution in [0.4, 0.5) is 0 Å². The lowest BCUT2D eigenvalue weighted by Gasteiger charge is -2.05. The van der Waals surface area contributed by atoms with Crippen LogP contribution in [0.5, 0.6) is 5.75 Å². The minimum Gasteiger partial charge on any atom is -0.497 e. The van der Waals surface area contributed by atoms with Gasteiger partial charge in [-0.3, -0.25) is 4.79 Å². The van der Waals surface area contributed by atoms with Crippen molar-refractivity contribution in [3.63, 3.8) is 0 Å². The highest BCUT2D eigenvalue weighted by atomic mass is 16.5. The second kappa shape index (κ2) is 3.91. The first kappa shape index (κ1) is 9.39. The highest BCUT2D eigenvalue weighted by molar-refractivity contribution is 5.81. The van der Waals surface area contributed by atoms with E-state index in [1.54, 1.807) is 37.7 Å². The molecular formula is C10H9N3O2. The van der Waals surface area contributed by atoms with E-state index in [1.807, 2.05) is 0 Å². The van der Waals surface area contributed by atoms with Crippen LogP contribution >= 0.6 is 0 Å². The van der Waals surface area contributed by atoms with E-state index < -0.39 is 0 Å². The average molecular weight is 203 g/mol. The number of carbonyl (C=O) groups excluding carboxylic acids is 1. The summed E-state index contributed by atoms with van der Waals surface area (Å²) in [5.41, 5.74) is 1.13. The van der Waals surface area contributed by atoms with Gasteiger partial charge in [-0.1, -0.05) is 0 Å².